The molecule has 0 radical (unpaired) electrons. The van der Waals surface area contributed by atoms with Gasteiger partial charge in [-0.05, 0) is 85.8 Å². The molecule has 39 heavy (non-hydrogen) atoms. The van der Waals surface area contributed by atoms with E-state index in [0.29, 0.717) is 0 Å². The lowest BCUT2D eigenvalue weighted by Gasteiger charge is -2.27. The predicted molar refractivity (Wildman–Crippen MR) is 167 cm³/mol. The van der Waals surface area contributed by atoms with Gasteiger partial charge in [0.2, 0.25) is 0 Å². The Bertz CT molecular complexity index is 1990. The summed E-state index contributed by atoms with van der Waals surface area (Å²) in [5.41, 5.74) is 10.9. The molecule has 0 N–H and O–H groups in total. The average Bonchev–Trinajstić information content (AvgIpc) is 3.29. The van der Waals surface area contributed by atoms with Crippen molar-refractivity contribution in [3.8, 4) is 5.69 Å². The minimum atomic E-state index is 1.13. The minimum Gasteiger partial charge on any atom is -0.310 e. The highest BCUT2D eigenvalue weighted by atomic mass is 15.1. The molecule has 0 bridgehead atoms. The molecule has 0 saturated carbocycles. The van der Waals surface area contributed by atoms with Crippen molar-refractivity contribution in [1.29, 1.82) is 0 Å². The van der Waals surface area contributed by atoms with E-state index in [1.54, 1.807) is 0 Å². The second kappa shape index (κ2) is 9.18. The van der Waals surface area contributed by atoms with Crippen molar-refractivity contribution >= 4 is 49.6 Å². The van der Waals surface area contributed by atoms with Crippen LogP contribution in [0.3, 0.4) is 0 Å². The Morgan fingerprint density at radius 2 is 1.18 bits per heavy atom. The van der Waals surface area contributed by atoms with E-state index in [9.17, 15) is 0 Å². The molecule has 0 unspecified atom stereocenters. The molecule has 6 aromatic carbocycles. The molecule has 0 aliphatic heterocycles. The fourth-order valence-corrected chi connectivity index (χ4v) is 5.77. The van der Waals surface area contributed by atoms with E-state index in [-0.39, 0.29) is 0 Å². The minimum absolute atomic E-state index is 1.13. The molecular formula is C37H30N2. The van der Waals surface area contributed by atoms with Gasteiger partial charge in [0.1, 0.15) is 0 Å². The number of fused-ring (bicyclic) bond motifs is 4. The van der Waals surface area contributed by atoms with E-state index in [2.05, 4.69) is 158 Å². The Labute approximate surface area is 229 Å². The topological polar surface area (TPSA) is 8.17 Å². The second-order valence-electron chi connectivity index (χ2n) is 10.5. The van der Waals surface area contributed by atoms with E-state index in [4.69, 9.17) is 0 Å². The Morgan fingerprint density at radius 1 is 0.487 bits per heavy atom. The molecule has 7 aromatic rings. The third-order valence-corrected chi connectivity index (χ3v) is 7.96. The average molecular weight is 503 g/mol. The number of anilines is 3. The summed E-state index contributed by atoms with van der Waals surface area (Å²) in [6.07, 6.45) is 0. The van der Waals surface area contributed by atoms with Crippen LogP contribution in [0.1, 0.15) is 16.7 Å². The molecule has 2 nitrogen and oxygen atoms in total. The lowest BCUT2D eigenvalue weighted by atomic mass is 10.1. The van der Waals surface area contributed by atoms with Crippen LogP contribution >= 0.6 is 0 Å². The standard InChI is InChI=1S/C37H30N2/c1-25-15-18-29(19-16-25)38(35-14-8-10-28-9-4-5-11-32(28)35)31-21-22-34-33-12-6-7-13-36(33)39(37(34)24-31)30-20-17-26(2)27(3)23-30/h4-24H,1-3H3. The van der Waals surface area contributed by atoms with Crippen LogP contribution in [0.25, 0.3) is 38.3 Å². The predicted octanol–water partition coefficient (Wildman–Crippen LogP) is 10.3. The highest BCUT2D eigenvalue weighted by molar-refractivity contribution is 6.11. The Balaban J connectivity index is 1.53. The molecule has 7 rings (SSSR count). The van der Waals surface area contributed by atoms with Crippen LogP contribution in [-0.4, -0.2) is 4.57 Å². The van der Waals surface area contributed by atoms with Crippen molar-refractivity contribution in [2.75, 3.05) is 4.90 Å². The van der Waals surface area contributed by atoms with Crippen molar-refractivity contribution in [3.63, 3.8) is 0 Å². The first-order valence-corrected chi connectivity index (χ1v) is 13.5. The molecule has 0 aliphatic rings. The van der Waals surface area contributed by atoms with Crippen LogP contribution in [-0.2, 0) is 0 Å². The van der Waals surface area contributed by atoms with Crippen LogP contribution in [0.2, 0.25) is 0 Å². The van der Waals surface area contributed by atoms with Gasteiger partial charge in [0.05, 0.1) is 16.7 Å². The van der Waals surface area contributed by atoms with Crippen LogP contribution < -0.4 is 4.90 Å². The van der Waals surface area contributed by atoms with E-state index in [1.165, 1.54) is 60.6 Å². The first kappa shape index (κ1) is 23.3. The lowest BCUT2D eigenvalue weighted by Crippen LogP contribution is -2.10. The molecular weight excluding hydrogens is 472 g/mol. The SMILES string of the molecule is Cc1ccc(N(c2ccc3c4ccccc4n(-c4ccc(C)c(C)c4)c3c2)c2cccc3ccccc23)cc1. The van der Waals surface area contributed by atoms with Gasteiger partial charge in [-0.25, -0.2) is 0 Å². The third kappa shape index (κ3) is 3.88. The molecule has 0 saturated heterocycles. The van der Waals surface area contributed by atoms with Crippen LogP contribution in [0.4, 0.5) is 17.1 Å². The summed E-state index contributed by atoms with van der Waals surface area (Å²) < 4.78 is 2.41. The maximum atomic E-state index is 2.41. The quantitative estimate of drug-likeness (QED) is 0.232. The number of benzene rings is 6. The number of nitrogens with zero attached hydrogens (tertiary/aromatic N) is 2. The molecule has 0 atom stereocenters. The highest BCUT2D eigenvalue weighted by Crippen LogP contribution is 2.42. The normalized spacial score (nSPS) is 11.5. The van der Waals surface area contributed by atoms with Crippen LogP contribution in [0.15, 0.2) is 127 Å². The zero-order valence-electron chi connectivity index (χ0n) is 22.5. The Hall–Kier alpha value is -4.82. The molecule has 1 aromatic heterocycles. The zero-order chi connectivity index (χ0) is 26.5. The van der Waals surface area contributed by atoms with Crippen molar-refractivity contribution in [1.82, 2.24) is 4.57 Å². The monoisotopic (exact) mass is 502 g/mol. The maximum absolute atomic E-state index is 2.41. The fraction of sp³-hybridized carbons (Fsp3) is 0.0811. The second-order valence-corrected chi connectivity index (χ2v) is 10.5. The van der Waals surface area contributed by atoms with Crippen molar-refractivity contribution in [2.45, 2.75) is 20.8 Å². The molecule has 1 heterocycles. The number of para-hydroxylation sites is 1. The van der Waals surface area contributed by atoms with Gasteiger partial charge in [-0.1, -0.05) is 84.4 Å². The summed E-state index contributed by atoms with van der Waals surface area (Å²) >= 11 is 0. The molecule has 0 aliphatic carbocycles. The smallest absolute Gasteiger partial charge is 0.0561 e. The zero-order valence-corrected chi connectivity index (χ0v) is 22.5. The van der Waals surface area contributed by atoms with E-state index < -0.39 is 0 Å². The molecule has 0 amide bonds. The molecule has 0 fully saturated rings. The van der Waals surface area contributed by atoms with Gasteiger partial charge >= 0.3 is 0 Å². The van der Waals surface area contributed by atoms with Crippen molar-refractivity contribution < 1.29 is 0 Å². The van der Waals surface area contributed by atoms with Gasteiger partial charge in [0.25, 0.3) is 0 Å². The highest BCUT2D eigenvalue weighted by Gasteiger charge is 2.19. The fourth-order valence-electron chi connectivity index (χ4n) is 5.77. The molecule has 188 valence electrons. The first-order chi connectivity index (χ1) is 19.1. The van der Waals surface area contributed by atoms with Gasteiger partial charge in [-0.15, -0.1) is 0 Å². The third-order valence-electron chi connectivity index (χ3n) is 7.96. The summed E-state index contributed by atoms with van der Waals surface area (Å²) in [5, 5.41) is 4.99. The van der Waals surface area contributed by atoms with Crippen molar-refractivity contribution in [3.05, 3.63) is 144 Å². The Morgan fingerprint density at radius 3 is 2.00 bits per heavy atom. The van der Waals surface area contributed by atoms with E-state index in [0.717, 1.165) is 11.4 Å². The summed E-state index contributed by atoms with van der Waals surface area (Å²) in [4.78, 5) is 2.39. The summed E-state index contributed by atoms with van der Waals surface area (Å²) in [6, 6.07) is 46.4. The Kier molecular flexibility index (Phi) is 5.49. The summed E-state index contributed by atoms with van der Waals surface area (Å²) in [5.74, 6) is 0. The largest absolute Gasteiger partial charge is 0.310 e. The van der Waals surface area contributed by atoms with Gasteiger partial charge in [0.15, 0.2) is 0 Å². The van der Waals surface area contributed by atoms with Crippen LogP contribution in [0, 0.1) is 20.8 Å². The van der Waals surface area contributed by atoms with Gasteiger partial charge in [-0.2, -0.15) is 0 Å². The van der Waals surface area contributed by atoms with E-state index >= 15 is 0 Å². The van der Waals surface area contributed by atoms with Gasteiger partial charge in [-0.3, -0.25) is 0 Å². The lowest BCUT2D eigenvalue weighted by molar-refractivity contribution is 1.16. The molecule has 2 heteroatoms. The number of aromatic nitrogens is 1. The van der Waals surface area contributed by atoms with E-state index in [1.807, 2.05) is 0 Å². The maximum Gasteiger partial charge on any atom is 0.0561 e. The van der Waals surface area contributed by atoms with Gasteiger partial charge < -0.3 is 9.47 Å². The number of hydrogen-bond donors (Lipinski definition) is 0. The summed E-state index contributed by atoms with van der Waals surface area (Å²) in [7, 11) is 0. The number of hydrogen-bond acceptors (Lipinski definition) is 1. The van der Waals surface area contributed by atoms with Crippen LogP contribution in [0.5, 0.6) is 0 Å². The summed E-state index contributed by atoms with van der Waals surface area (Å²) in [6.45, 7) is 6.50. The number of aryl methyl sites for hydroxylation is 3. The van der Waals surface area contributed by atoms with Crippen molar-refractivity contribution in [2.24, 2.45) is 0 Å². The number of rotatable bonds is 4. The molecule has 0 spiro atoms. The van der Waals surface area contributed by atoms with Gasteiger partial charge in [0, 0.05) is 33.2 Å². The first-order valence-electron chi connectivity index (χ1n) is 13.5.